The van der Waals surface area contributed by atoms with E-state index in [1.807, 2.05) is 12.1 Å². The molecule has 2 aromatic rings. The summed E-state index contributed by atoms with van der Waals surface area (Å²) >= 11 is 0. The molecule has 1 aliphatic rings. The zero-order valence-corrected chi connectivity index (χ0v) is 10.0. The topological polar surface area (TPSA) is 68.0 Å². The van der Waals surface area contributed by atoms with Gasteiger partial charge in [0, 0.05) is 25.1 Å². The third kappa shape index (κ3) is 2.08. The van der Waals surface area contributed by atoms with Gasteiger partial charge in [-0.15, -0.1) is 0 Å². The number of hydrogen-bond acceptors (Lipinski definition) is 3. The van der Waals surface area contributed by atoms with Crippen molar-refractivity contribution in [3.63, 3.8) is 0 Å². The average Bonchev–Trinajstić information content (AvgIpc) is 3.10. The minimum Gasteiger partial charge on any atom is -0.481 e. The maximum absolute atomic E-state index is 10.6. The molecule has 0 aromatic carbocycles. The van der Waals surface area contributed by atoms with Crippen molar-refractivity contribution < 1.29 is 9.90 Å². The van der Waals surface area contributed by atoms with Crippen molar-refractivity contribution in [2.45, 2.75) is 38.1 Å². The first-order chi connectivity index (χ1) is 8.75. The molecule has 1 saturated carbocycles. The molecule has 94 valence electrons. The molecule has 18 heavy (non-hydrogen) atoms. The minimum absolute atomic E-state index is 0.196. The van der Waals surface area contributed by atoms with E-state index < -0.39 is 5.97 Å². The Morgan fingerprint density at radius 1 is 1.50 bits per heavy atom. The fourth-order valence-corrected chi connectivity index (χ4v) is 2.27. The van der Waals surface area contributed by atoms with Gasteiger partial charge in [0.2, 0.25) is 0 Å². The van der Waals surface area contributed by atoms with E-state index in [4.69, 9.17) is 5.11 Å². The van der Waals surface area contributed by atoms with Crippen LogP contribution in [0.25, 0.3) is 11.2 Å². The van der Waals surface area contributed by atoms with Crippen LogP contribution >= 0.6 is 0 Å². The Labute approximate surface area is 104 Å². The van der Waals surface area contributed by atoms with E-state index in [0.29, 0.717) is 18.9 Å². The van der Waals surface area contributed by atoms with Gasteiger partial charge in [-0.2, -0.15) is 0 Å². The molecule has 0 aliphatic heterocycles. The van der Waals surface area contributed by atoms with Gasteiger partial charge in [0.05, 0.1) is 0 Å². The lowest BCUT2D eigenvalue weighted by atomic mass is 10.2. The quantitative estimate of drug-likeness (QED) is 0.876. The first-order valence-corrected chi connectivity index (χ1v) is 6.29. The largest absolute Gasteiger partial charge is 0.481 e. The summed E-state index contributed by atoms with van der Waals surface area (Å²) in [5, 5.41) is 8.68. The second-order valence-corrected chi connectivity index (χ2v) is 4.72. The van der Waals surface area contributed by atoms with E-state index in [1.165, 1.54) is 12.8 Å². The molecule has 0 spiro atoms. The molecule has 1 aliphatic carbocycles. The summed E-state index contributed by atoms with van der Waals surface area (Å²) in [4.78, 5) is 19.5. The number of fused-ring (bicyclic) bond motifs is 1. The van der Waals surface area contributed by atoms with Crippen LogP contribution in [0.15, 0.2) is 18.3 Å². The number of carboxylic acids is 1. The van der Waals surface area contributed by atoms with Crippen molar-refractivity contribution in [2.75, 3.05) is 0 Å². The average molecular weight is 245 g/mol. The number of aliphatic carboxylic acids is 1. The molecule has 2 aromatic heterocycles. The van der Waals surface area contributed by atoms with Crippen LogP contribution in [0, 0.1) is 0 Å². The second-order valence-electron chi connectivity index (χ2n) is 4.72. The maximum Gasteiger partial charge on any atom is 0.303 e. The Hall–Kier alpha value is -1.91. The number of carboxylic acid groups (broad SMARTS) is 1. The summed E-state index contributed by atoms with van der Waals surface area (Å²) in [5.74, 6) is 0.231. The van der Waals surface area contributed by atoms with Gasteiger partial charge in [-0.05, 0) is 31.4 Å². The first kappa shape index (κ1) is 11.2. The fraction of sp³-hybridized carbons (Fsp3) is 0.462. The van der Waals surface area contributed by atoms with Crippen LogP contribution in [0.2, 0.25) is 0 Å². The fourth-order valence-electron chi connectivity index (χ4n) is 2.27. The maximum atomic E-state index is 10.6. The lowest BCUT2D eigenvalue weighted by molar-refractivity contribution is -0.137. The van der Waals surface area contributed by atoms with Crippen molar-refractivity contribution in [1.29, 1.82) is 0 Å². The molecule has 0 unspecified atom stereocenters. The van der Waals surface area contributed by atoms with Gasteiger partial charge in [0.25, 0.3) is 0 Å². The Balaban J connectivity index is 1.90. The number of aryl methyl sites for hydroxylation is 1. The van der Waals surface area contributed by atoms with Crippen molar-refractivity contribution in [1.82, 2.24) is 14.5 Å². The van der Waals surface area contributed by atoms with Gasteiger partial charge in [0.1, 0.15) is 11.3 Å². The lowest BCUT2D eigenvalue weighted by Crippen LogP contribution is -2.04. The Morgan fingerprint density at radius 2 is 2.33 bits per heavy atom. The predicted octanol–water partition coefficient (Wildman–Crippen LogP) is 2.17. The van der Waals surface area contributed by atoms with Gasteiger partial charge >= 0.3 is 5.97 Å². The summed E-state index contributed by atoms with van der Waals surface area (Å²) in [5.41, 5.74) is 1.85. The van der Waals surface area contributed by atoms with Crippen molar-refractivity contribution in [3.8, 4) is 0 Å². The smallest absolute Gasteiger partial charge is 0.303 e. The summed E-state index contributed by atoms with van der Waals surface area (Å²) in [6, 6.07) is 4.36. The normalized spacial score (nSPS) is 15.1. The Morgan fingerprint density at radius 3 is 3.06 bits per heavy atom. The number of rotatable bonds is 5. The third-order valence-corrected chi connectivity index (χ3v) is 3.22. The summed E-state index contributed by atoms with van der Waals surface area (Å²) in [6.45, 7) is 0. The van der Waals surface area contributed by atoms with Crippen LogP contribution in [0.5, 0.6) is 0 Å². The predicted molar refractivity (Wildman–Crippen MR) is 66.4 cm³/mol. The van der Waals surface area contributed by atoms with E-state index in [9.17, 15) is 4.79 Å². The number of imidazole rings is 1. The number of hydrogen-bond donors (Lipinski definition) is 1. The molecular formula is C13H15N3O2. The Kier molecular flexibility index (Phi) is 2.74. The molecule has 1 fully saturated rings. The SMILES string of the molecule is O=C(O)CCCc1nc2cccnc2n1C1CC1. The number of carbonyl (C=O) groups is 1. The zero-order chi connectivity index (χ0) is 12.5. The molecule has 0 atom stereocenters. The summed E-state index contributed by atoms with van der Waals surface area (Å²) in [7, 11) is 0. The van der Waals surface area contributed by atoms with Crippen LogP contribution in [-0.2, 0) is 11.2 Å². The molecule has 1 N–H and O–H groups in total. The highest BCUT2D eigenvalue weighted by Gasteiger charge is 2.28. The van der Waals surface area contributed by atoms with Gasteiger partial charge in [-0.25, -0.2) is 9.97 Å². The van der Waals surface area contributed by atoms with Crippen molar-refractivity contribution in [2.24, 2.45) is 0 Å². The summed E-state index contributed by atoms with van der Waals surface area (Å²) in [6.07, 6.45) is 5.66. The van der Waals surface area contributed by atoms with Gasteiger partial charge in [-0.1, -0.05) is 0 Å². The van der Waals surface area contributed by atoms with Crippen LogP contribution in [0.3, 0.4) is 0 Å². The summed E-state index contributed by atoms with van der Waals surface area (Å²) < 4.78 is 2.19. The molecule has 3 rings (SSSR count). The van der Waals surface area contributed by atoms with Crippen molar-refractivity contribution >= 4 is 17.1 Å². The number of nitrogens with zero attached hydrogens (tertiary/aromatic N) is 3. The van der Waals surface area contributed by atoms with Crippen LogP contribution in [-0.4, -0.2) is 25.6 Å². The van der Waals surface area contributed by atoms with Crippen LogP contribution in [0.4, 0.5) is 0 Å². The van der Waals surface area contributed by atoms with Crippen LogP contribution < -0.4 is 0 Å². The molecule has 0 radical (unpaired) electrons. The third-order valence-electron chi connectivity index (χ3n) is 3.22. The van der Waals surface area contributed by atoms with Gasteiger partial charge < -0.3 is 9.67 Å². The van der Waals surface area contributed by atoms with E-state index in [1.54, 1.807) is 6.20 Å². The lowest BCUT2D eigenvalue weighted by Gasteiger charge is -2.05. The van der Waals surface area contributed by atoms with E-state index in [2.05, 4.69) is 14.5 Å². The molecule has 0 saturated heterocycles. The molecule has 0 amide bonds. The molecule has 0 bridgehead atoms. The number of aromatic nitrogens is 3. The van der Waals surface area contributed by atoms with E-state index in [-0.39, 0.29) is 6.42 Å². The highest BCUT2D eigenvalue weighted by atomic mass is 16.4. The van der Waals surface area contributed by atoms with E-state index in [0.717, 1.165) is 17.0 Å². The monoisotopic (exact) mass is 245 g/mol. The molecular weight excluding hydrogens is 230 g/mol. The zero-order valence-electron chi connectivity index (χ0n) is 10.0. The Bertz CT molecular complexity index is 587. The molecule has 5 nitrogen and oxygen atoms in total. The highest BCUT2D eigenvalue weighted by molar-refractivity contribution is 5.71. The molecule has 5 heteroatoms. The first-order valence-electron chi connectivity index (χ1n) is 6.29. The highest BCUT2D eigenvalue weighted by Crippen LogP contribution is 2.38. The van der Waals surface area contributed by atoms with Crippen molar-refractivity contribution in [3.05, 3.63) is 24.2 Å². The van der Waals surface area contributed by atoms with Crippen LogP contribution in [0.1, 0.15) is 37.5 Å². The van der Waals surface area contributed by atoms with Gasteiger partial charge in [-0.3, -0.25) is 4.79 Å². The van der Waals surface area contributed by atoms with E-state index >= 15 is 0 Å². The molecule has 2 heterocycles. The standard InChI is InChI=1S/C13H15N3O2/c17-12(18)5-1-4-11-15-10-3-2-8-14-13(10)16(11)9-6-7-9/h2-3,8-9H,1,4-7H2,(H,17,18). The van der Waals surface area contributed by atoms with Gasteiger partial charge in [0.15, 0.2) is 5.65 Å². The minimum atomic E-state index is -0.748. The number of pyridine rings is 1. The second kappa shape index (κ2) is 4.40.